The Labute approximate surface area is 192 Å². The minimum absolute atomic E-state index is 0.00381. The summed E-state index contributed by atoms with van der Waals surface area (Å²) >= 11 is 2.23. The molecule has 0 spiro atoms. The highest BCUT2D eigenvalue weighted by Gasteiger charge is 2.21. The topological polar surface area (TPSA) is 58.2 Å². The van der Waals surface area contributed by atoms with Gasteiger partial charge < -0.3 is 14.6 Å². The maximum Gasteiger partial charge on any atom is 0.254 e. The number of nitrogens with one attached hydrogen (secondary N) is 1. The summed E-state index contributed by atoms with van der Waals surface area (Å²) in [6.07, 6.45) is 0. The first-order valence-corrected chi connectivity index (χ1v) is 11.0. The Bertz CT molecular complexity index is 1270. The second-order valence-electron chi connectivity index (χ2n) is 7.45. The van der Waals surface area contributed by atoms with Crippen LogP contribution >= 0.6 is 22.6 Å². The average Bonchev–Trinajstić information content (AvgIpc) is 3.09. The Hall–Kier alpha value is -2.94. The molecule has 1 aliphatic rings. The van der Waals surface area contributed by atoms with Gasteiger partial charge in [-0.05, 0) is 82.2 Å². The maximum absolute atomic E-state index is 13.0. The van der Waals surface area contributed by atoms with E-state index >= 15 is 0 Å². The highest BCUT2D eigenvalue weighted by atomic mass is 127. The number of hydrogen-bond donors (Lipinski definition) is 1. The molecule has 0 fully saturated rings. The van der Waals surface area contributed by atoms with Crippen molar-refractivity contribution in [2.45, 2.75) is 13.2 Å². The lowest BCUT2D eigenvalue weighted by molar-refractivity contribution is 0.0733. The van der Waals surface area contributed by atoms with Crippen molar-refractivity contribution in [2.24, 2.45) is 0 Å². The number of ether oxygens (including phenoxy) is 1. The van der Waals surface area contributed by atoms with Gasteiger partial charge in [0, 0.05) is 21.2 Å². The van der Waals surface area contributed by atoms with Gasteiger partial charge in [-0.2, -0.15) is 0 Å². The molecule has 0 bridgehead atoms. The fourth-order valence-electron chi connectivity index (χ4n) is 3.83. The minimum atomic E-state index is -0.620. The molecule has 0 radical (unpaired) electrons. The molecule has 1 amide bonds. The first-order chi connectivity index (χ1) is 15.1. The molecule has 156 valence electrons. The number of alkyl halides is 1. The third-order valence-electron chi connectivity index (χ3n) is 5.41. The van der Waals surface area contributed by atoms with Crippen molar-refractivity contribution in [1.82, 2.24) is 14.9 Å². The number of H-pyrrole nitrogens is 1. The number of nitrogens with zero attached hydrogens (tertiary/aromatic N) is 2. The highest BCUT2D eigenvalue weighted by Crippen LogP contribution is 2.31. The van der Waals surface area contributed by atoms with Gasteiger partial charge in [-0.1, -0.05) is 12.1 Å². The van der Waals surface area contributed by atoms with Crippen LogP contribution in [-0.2, 0) is 13.2 Å². The minimum Gasteiger partial charge on any atom is -0.491 e. The molecular formula is C24H19FIN3O2. The van der Waals surface area contributed by atoms with E-state index in [1.165, 1.54) is 0 Å². The Balaban J connectivity index is 1.45. The van der Waals surface area contributed by atoms with Crippen LogP contribution in [0.15, 0.2) is 60.7 Å². The number of aromatic amines is 1. The van der Waals surface area contributed by atoms with Gasteiger partial charge in [-0.15, -0.1) is 0 Å². The Morgan fingerprint density at radius 3 is 2.68 bits per heavy atom. The Kier molecular flexibility index (Phi) is 5.35. The summed E-state index contributed by atoms with van der Waals surface area (Å²) < 4.78 is 19.9. The van der Waals surface area contributed by atoms with Crippen LogP contribution in [0.1, 0.15) is 21.7 Å². The van der Waals surface area contributed by atoms with E-state index in [0.717, 1.165) is 37.0 Å². The van der Waals surface area contributed by atoms with Gasteiger partial charge in [0.05, 0.1) is 17.6 Å². The highest BCUT2D eigenvalue weighted by molar-refractivity contribution is 14.1. The van der Waals surface area contributed by atoms with E-state index in [4.69, 9.17) is 4.74 Å². The fourth-order valence-corrected chi connectivity index (χ4v) is 4.19. The van der Waals surface area contributed by atoms with Crippen molar-refractivity contribution in [1.29, 1.82) is 0 Å². The van der Waals surface area contributed by atoms with E-state index in [2.05, 4.69) is 38.6 Å². The lowest BCUT2D eigenvalue weighted by Crippen LogP contribution is -2.32. The zero-order valence-corrected chi connectivity index (χ0v) is 18.7. The van der Waals surface area contributed by atoms with Gasteiger partial charge >= 0.3 is 0 Å². The van der Waals surface area contributed by atoms with E-state index in [-0.39, 0.29) is 5.91 Å². The van der Waals surface area contributed by atoms with Crippen molar-refractivity contribution < 1.29 is 13.9 Å². The van der Waals surface area contributed by atoms with Gasteiger partial charge in [0.25, 0.3) is 5.91 Å². The molecule has 2 heterocycles. The molecule has 5 nitrogen and oxygen atoms in total. The average molecular weight is 527 g/mol. The van der Waals surface area contributed by atoms with E-state index in [9.17, 15) is 9.18 Å². The molecule has 3 aromatic carbocycles. The maximum atomic E-state index is 13.0. The zero-order chi connectivity index (χ0) is 21.4. The molecule has 0 aliphatic carbocycles. The third-order valence-corrected chi connectivity index (χ3v) is 6.13. The van der Waals surface area contributed by atoms with Crippen LogP contribution in [0, 0.1) is 3.57 Å². The molecule has 31 heavy (non-hydrogen) atoms. The van der Waals surface area contributed by atoms with Crippen molar-refractivity contribution in [3.05, 3.63) is 81.2 Å². The van der Waals surface area contributed by atoms with Crippen LogP contribution in [0.3, 0.4) is 0 Å². The number of benzene rings is 3. The summed E-state index contributed by atoms with van der Waals surface area (Å²) in [4.78, 5) is 22.1. The van der Waals surface area contributed by atoms with Gasteiger partial charge in [-0.3, -0.25) is 4.79 Å². The van der Waals surface area contributed by atoms with Crippen molar-refractivity contribution in [3.8, 4) is 16.9 Å². The molecule has 1 aromatic heterocycles. The summed E-state index contributed by atoms with van der Waals surface area (Å²) in [5.74, 6) is 1.12. The van der Waals surface area contributed by atoms with E-state index in [0.29, 0.717) is 31.1 Å². The largest absolute Gasteiger partial charge is 0.491 e. The number of halogens is 2. The van der Waals surface area contributed by atoms with Crippen LogP contribution in [-0.4, -0.2) is 33.9 Å². The van der Waals surface area contributed by atoms with Crippen molar-refractivity contribution >= 4 is 39.5 Å². The third kappa shape index (κ3) is 4.01. The SMILES string of the molecule is O=C(c1ccc(I)cc1)N1CCOc2ccc(-c3ccc4nc(CF)[nH]c4c3)cc2C1. The van der Waals surface area contributed by atoms with Gasteiger partial charge in [0.15, 0.2) is 0 Å². The van der Waals surface area contributed by atoms with Crippen molar-refractivity contribution in [2.75, 3.05) is 13.2 Å². The monoisotopic (exact) mass is 527 g/mol. The summed E-state index contributed by atoms with van der Waals surface area (Å²) in [5.41, 5.74) is 5.17. The lowest BCUT2D eigenvalue weighted by Gasteiger charge is -2.20. The molecule has 0 unspecified atom stereocenters. The quantitative estimate of drug-likeness (QED) is 0.366. The second-order valence-corrected chi connectivity index (χ2v) is 8.70. The zero-order valence-electron chi connectivity index (χ0n) is 16.6. The van der Waals surface area contributed by atoms with Gasteiger partial charge in [-0.25, -0.2) is 9.37 Å². The number of carbonyl (C=O) groups is 1. The first-order valence-electron chi connectivity index (χ1n) is 9.96. The normalized spacial score (nSPS) is 13.5. The van der Waals surface area contributed by atoms with E-state index in [1.54, 1.807) is 0 Å². The van der Waals surface area contributed by atoms with E-state index in [1.807, 2.05) is 59.5 Å². The van der Waals surface area contributed by atoms with Gasteiger partial charge in [0.1, 0.15) is 24.9 Å². The molecule has 0 saturated heterocycles. The molecular weight excluding hydrogens is 508 g/mol. The number of amides is 1. The number of rotatable bonds is 3. The standard InChI is InChI=1S/C24H19FIN3O2/c25-13-23-27-20-7-3-17(12-21(20)28-23)16-4-8-22-18(11-16)14-29(9-10-31-22)24(30)15-1-5-19(26)6-2-15/h1-8,11-12H,9-10,13-14H2,(H,27,28). The smallest absolute Gasteiger partial charge is 0.254 e. The van der Waals surface area contributed by atoms with Crippen LogP contribution in [0.2, 0.25) is 0 Å². The number of fused-ring (bicyclic) bond motifs is 2. The summed E-state index contributed by atoms with van der Waals surface area (Å²) in [5, 5.41) is 0. The predicted molar refractivity (Wildman–Crippen MR) is 126 cm³/mol. The van der Waals surface area contributed by atoms with Crippen molar-refractivity contribution in [3.63, 3.8) is 0 Å². The van der Waals surface area contributed by atoms with Gasteiger partial charge in [0.2, 0.25) is 0 Å². The number of imidazole rings is 1. The van der Waals surface area contributed by atoms with E-state index < -0.39 is 6.67 Å². The summed E-state index contributed by atoms with van der Waals surface area (Å²) in [7, 11) is 0. The Morgan fingerprint density at radius 1 is 1.10 bits per heavy atom. The second kappa shape index (κ2) is 8.30. The lowest BCUT2D eigenvalue weighted by atomic mass is 10.0. The summed E-state index contributed by atoms with van der Waals surface area (Å²) in [6.45, 7) is 0.840. The predicted octanol–water partition coefficient (Wildman–Crippen LogP) is 5.34. The molecule has 0 saturated carbocycles. The number of carbonyl (C=O) groups excluding carboxylic acids is 1. The van der Waals surface area contributed by atoms with Crippen LogP contribution < -0.4 is 4.74 Å². The van der Waals surface area contributed by atoms with Crippen LogP contribution in [0.5, 0.6) is 5.75 Å². The first kappa shape index (κ1) is 20.0. The molecule has 0 atom stereocenters. The number of aromatic nitrogens is 2. The summed E-state index contributed by atoms with van der Waals surface area (Å²) in [6, 6.07) is 19.4. The molecule has 7 heteroatoms. The van der Waals surface area contributed by atoms with Crippen LogP contribution in [0.4, 0.5) is 4.39 Å². The molecule has 5 rings (SSSR count). The van der Waals surface area contributed by atoms with Crippen LogP contribution in [0.25, 0.3) is 22.2 Å². The molecule has 4 aromatic rings. The fraction of sp³-hybridized carbons (Fsp3) is 0.167. The molecule has 1 aliphatic heterocycles. The number of hydrogen-bond acceptors (Lipinski definition) is 3. The Morgan fingerprint density at radius 2 is 1.87 bits per heavy atom. The molecule has 1 N–H and O–H groups in total.